The molecule has 0 saturated heterocycles. The molecule has 0 saturated carbocycles. The van der Waals surface area contributed by atoms with Crippen LogP contribution in [0.1, 0.15) is 11.1 Å². The highest BCUT2D eigenvalue weighted by atomic mass is 16.1. The third-order valence-corrected chi connectivity index (χ3v) is 2.64. The number of hydrogen-bond acceptors (Lipinski definition) is 3. The van der Waals surface area contributed by atoms with Crippen LogP contribution in [0.3, 0.4) is 0 Å². The van der Waals surface area contributed by atoms with E-state index in [1.165, 1.54) is 10.6 Å². The quantitative estimate of drug-likeness (QED) is 0.889. The Morgan fingerprint density at radius 2 is 2.17 bits per heavy atom. The van der Waals surface area contributed by atoms with Crippen LogP contribution in [-0.4, -0.2) is 4.57 Å². The Balaban J connectivity index is 2.09. The van der Waals surface area contributed by atoms with Crippen LogP contribution in [0, 0.1) is 11.3 Å². The molecule has 4 heteroatoms. The highest BCUT2D eigenvalue weighted by molar-refractivity contribution is 5.42. The van der Waals surface area contributed by atoms with E-state index >= 15 is 0 Å². The SMILES string of the molecule is Cn1cc(NCc2cccc(C#N)c2)ccc1=O. The second kappa shape index (κ2) is 5.19. The maximum atomic E-state index is 11.2. The molecule has 2 rings (SSSR count). The van der Waals surface area contributed by atoms with Crippen molar-refractivity contribution in [1.82, 2.24) is 4.57 Å². The summed E-state index contributed by atoms with van der Waals surface area (Å²) in [6.45, 7) is 0.619. The lowest BCUT2D eigenvalue weighted by atomic mass is 10.1. The van der Waals surface area contributed by atoms with Gasteiger partial charge in [-0.25, -0.2) is 0 Å². The molecule has 4 nitrogen and oxygen atoms in total. The summed E-state index contributed by atoms with van der Waals surface area (Å²) in [5, 5.41) is 12.0. The second-order valence-electron chi connectivity index (χ2n) is 4.03. The van der Waals surface area contributed by atoms with E-state index in [9.17, 15) is 4.79 Å². The fourth-order valence-electron chi connectivity index (χ4n) is 1.65. The van der Waals surface area contributed by atoms with E-state index in [4.69, 9.17) is 5.26 Å². The smallest absolute Gasteiger partial charge is 0.250 e. The lowest BCUT2D eigenvalue weighted by Crippen LogP contribution is -2.15. The Labute approximate surface area is 105 Å². The second-order valence-corrected chi connectivity index (χ2v) is 4.03. The van der Waals surface area contributed by atoms with E-state index in [0.29, 0.717) is 12.1 Å². The molecule has 0 fully saturated rings. The van der Waals surface area contributed by atoms with E-state index in [2.05, 4.69) is 11.4 Å². The van der Waals surface area contributed by atoms with Gasteiger partial charge >= 0.3 is 0 Å². The van der Waals surface area contributed by atoms with E-state index in [1.54, 1.807) is 25.4 Å². The number of hydrogen-bond donors (Lipinski definition) is 1. The van der Waals surface area contributed by atoms with Crippen LogP contribution < -0.4 is 10.9 Å². The number of anilines is 1. The molecule has 0 atom stereocenters. The fraction of sp³-hybridized carbons (Fsp3) is 0.143. The number of benzene rings is 1. The van der Waals surface area contributed by atoms with Crippen LogP contribution in [0.25, 0.3) is 0 Å². The first-order valence-corrected chi connectivity index (χ1v) is 5.58. The van der Waals surface area contributed by atoms with Gasteiger partial charge in [-0.2, -0.15) is 5.26 Å². The predicted octanol–water partition coefficient (Wildman–Crippen LogP) is 1.87. The number of nitriles is 1. The van der Waals surface area contributed by atoms with Crippen molar-refractivity contribution >= 4 is 5.69 Å². The first kappa shape index (κ1) is 11.9. The van der Waals surface area contributed by atoms with Crippen molar-refractivity contribution in [3.63, 3.8) is 0 Å². The summed E-state index contributed by atoms with van der Waals surface area (Å²) >= 11 is 0. The molecular weight excluding hydrogens is 226 g/mol. The van der Waals surface area contributed by atoms with Crippen molar-refractivity contribution < 1.29 is 0 Å². The third kappa shape index (κ3) is 2.77. The van der Waals surface area contributed by atoms with Crippen molar-refractivity contribution in [2.24, 2.45) is 7.05 Å². The largest absolute Gasteiger partial charge is 0.380 e. The van der Waals surface area contributed by atoms with E-state index in [-0.39, 0.29) is 5.56 Å². The van der Waals surface area contributed by atoms with Crippen molar-refractivity contribution in [3.8, 4) is 6.07 Å². The van der Waals surface area contributed by atoms with Gasteiger partial charge in [0.25, 0.3) is 0 Å². The Bertz CT molecular complexity index is 653. The predicted molar refractivity (Wildman–Crippen MR) is 70.2 cm³/mol. The van der Waals surface area contributed by atoms with Gasteiger partial charge in [-0.15, -0.1) is 0 Å². The lowest BCUT2D eigenvalue weighted by Gasteiger charge is -2.07. The first-order valence-electron chi connectivity index (χ1n) is 5.58. The summed E-state index contributed by atoms with van der Waals surface area (Å²) in [4.78, 5) is 11.2. The summed E-state index contributed by atoms with van der Waals surface area (Å²) in [7, 11) is 1.71. The molecule has 18 heavy (non-hydrogen) atoms. The van der Waals surface area contributed by atoms with Crippen LogP contribution in [-0.2, 0) is 13.6 Å². The van der Waals surface area contributed by atoms with Gasteiger partial charge in [0.05, 0.1) is 17.3 Å². The van der Waals surface area contributed by atoms with Gasteiger partial charge in [0.2, 0.25) is 5.56 Å². The molecule has 0 aliphatic carbocycles. The average molecular weight is 239 g/mol. The molecule has 1 heterocycles. The normalized spacial score (nSPS) is 9.78. The summed E-state index contributed by atoms with van der Waals surface area (Å²) < 4.78 is 1.52. The maximum Gasteiger partial charge on any atom is 0.250 e. The molecular formula is C14H13N3O. The number of nitrogens with one attached hydrogen (secondary N) is 1. The van der Waals surface area contributed by atoms with Crippen LogP contribution in [0.2, 0.25) is 0 Å². The summed E-state index contributed by atoms with van der Waals surface area (Å²) in [5.41, 5.74) is 2.52. The van der Waals surface area contributed by atoms with Crippen LogP contribution in [0.5, 0.6) is 0 Å². The van der Waals surface area contributed by atoms with Gasteiger partial charge in [-0.05, 0) is 23.8 Å². The zero-order chi connectivity index (χ0) is 13.0. The molecule has 1 aromatic carbocycles. The van der Waals surface area contributed by atoms with Gasteiger partial charge in [-0.3, -0.25) is 4.79 Å². The Kier molecular flexibility index (Phi) is 3.44. The molecule has 0 spiro atoms. The number of aromatic nitrogens is 1. The number of nitrogens with zero attached hydrogens (tertiary/aromatic N) is 2. The summed E-state index contributed by atoms with van der Waals surface area (Å²) in [6, 6.07) is 12.8. The minimum Gasteiger partial charge on any atom is -0.380 e. The Hall–Kier alpha value is -2.54. The van der Waals surface area contributed by atoms with Gasteiger partial charge in [0.1, 0.15) is 0 Å². The van der Waals surface area contributed by atoms with Crippen molar-refractivity contribution in [2.75, 3.05) is 5.32 Å². The molecule has 2 aromatic rings. The zero-order valence-corrected chi connectivity index (χ0v) is 10.1. The summed E-state index contributed by atoms with van der Waals surface area (Å²) in [5.74, 6) is 0. The Morgan fingerprint density at radius 1 is 1.33 bits per heavy atom. The van der Waals surface area contributed by atoms with E-state index in [0.717, 1.165) is 11.3 Å². The van der Waals surface area contributed by atoms with E-state index < -0.39 is 0 Å². The maximum absolute atomic E-state index is 11.2. The third-order valence-electron chi connectivity index (χ3n) is 2.64. The number of aryl methyl sites for hydroxylation is 1. The van der Waals surface area contributed by atoms with Gasteiger partial charge < -0.3 is 9.88 Å². The molecule has 0 aliphatic heterocycles. The summed E-state index contributed by atoms with van der Waals surface area (Å²) in [6.07, 6.45) is 1.75. The molecule has 1 aromatic heterocycles. The molecule has 0 radical (unpaired) electrons. The van der Waals surface area contributed by atoms with Crippen LogP contribution in [0.4, 0.5) is 5.69 Å². The molecule has 1 N–H and O–H groups in total. The van der Waals surface area contributed by atoms with Gasteiger partial charge in [0.15, 0.2) is 0 Å². The average Bonchev–Trinajstić information content (AvgIpc) is 2.40. The van der Waals surface area contributed by atoms with Gasteiger partial charge in [0, 0.05) is 25.9 Å². The number of pyridine rings is 1. The van der Waals surface area contributed by atoms with E-state index in [1.807, 2.05) is 18.2 Å². The van der Waals surface area contributed by atoms with Crippen molar-refractivity contribution in [2.45, 2.75) is 6.54 Å². The molecule has 0 bridgehead atoms. The highest BCUT2D eigenvalue weighted by Crippen LogP contribution is 2.08. The van der Waals surface area contributed by atoms with Crippen molar-refractivity contribution in [3.05, 3.63) is 64.1 Å². The topological polar surface area (TPSA) is 57.8 Å². The Morgan fingerprint density at radius 3 is 2.89 bits per heavy atom. The molecule has 90 valence electrons. The fourth-order valence-corrected chi connectivity index (χ4v) is 1.65. The zero-order valence-electron chi connectivity index (χ0n) is 10.1. The van der Waals surface area contributed by atoms with Crippen LogP contribution >= 0.6 is 0 Å². The first-order chi connectivity index (χ1) is 8.69. The molecule has 0 amide bonds. The minimum absolute atomic E-state index is 0.0352. The van der Waals surface area contributed by atoms with Gasteiger partial charge in [-0.1, -0.05) is 12.1 Å². The minimum atomic E-state index is -0.0352. The standard InChI is InChI=1S/C14H13N3O/c1-17-10-13(5-6-14(17)18)16-9-12-4-2-3-11(7-12)8-15/h2-7,10,16H,9H2,1H3. The van der Waals surface area contributed by atoms with Crippen molar-refractivity contribution in [1.29, 1.82) is 5.26 Å². The molecule has 0 aliphatic rings. The van der Waals surface area contributed by atoms with Crippen LogP contribution in [0.15, 0.2) is 47.4 Å². The number of rotatable bonds is 3. The lowest BCUT2D eigenvalue weighted by molar-refractivity contribution is 0.859. The molecule has 0 unspecified atom stereocenters. The monoisotopic (exact) mass is 239 g/mol. The highest BCUT2D eigenvalue weighted by Gasteiger charge is 1.97.